The molecule has 5 rings (SSSR count). The SMILES string of the molecule is Cc1nn(-c2ccccn2)c2nc(C3CC3)cc(C(=O)Nc3ccc(C(C)(C)C#N)cc3)c12. The number of aryl methyl sites for hydroxylation is 1. The average Bonchev–Trinajstić information content (AvgIpc) is 3.63. The predicted octanol–water partition coefficient (Wildman–Crippen LogP) is 5.05. The van der Waals surface area contributed by atoms with Crippen LogP contribution in [-0.2, 0) is 5.41 Å². The van der Waals surface area contributed by atoms with Gasteiger partial charge in [-0.2, -0.15) is 15.0 Å². The van der Waals surface area contributed by atoms with Crippen LogP contribution in [0.2, 0.25) is 0 Å². The van der Waals surface area contributed by atoms with Gasteiger partial charge in [-0.3, -0.25) is 4.79 Å². The second-order valence-electron chi connectivity index (χ2n) is 9.02. The van der Waals surface area contributed by atoms with Crippen molar-refractivity contribution in [3.63, 3.8) is 0 Å². The van der Waals surface area contributed by atoms with Gasteiger partial charge in [-0.25, -0.2) is 9.97 Å². The summed E-state index contributed by atoms with van der Waals surface area (Å²) >= 11 is 0. The lowest BCUT2D eigenvalue weighted by molar-refractivity contribution is 0.102. The molecule has 1 aliphatic carbocycles. The highest BCUT2D eigenvalue weighted by molar-refractivity contribution is 6.12. The molecule has 1 amide bonds. The Hall–Kier alpha value is -4.05. The zero-order valence-electron chi connectivity index (χ0n) is 18.8. The van der Waals surface area contributed by atoms with E-state index in [0.717, 1.165) is 35.2 Å². The minimum absolute atomic E-state index is 0.208. The third-order valence-corrected chi connectivity index (χ3v) is 6.08. The standard InChI is InChI=1S/C26H24N6O/c1-16-23-20(25(33)29-19-11-9-18(10-12-19)26(2,3)15-27)14-21(17-7-8-17)30-24(23)32(31-16)22-6-4-5-13-28-22/h4-6,9-14,17H,7-8H2,1-3H3,(H,29,33). The van der Waals surface area contributed by atoms with E-state index in [1.165, 1.54) is 0 Å². The molecule has 1 fully saturated rings. The third-order valence-electron chi connectivity index (χ3n) is 6.08. The molecule has 0 unspecified atom stereocenters. The summed E-state index contributed by atoms with van der Waals surface area (Å²) in [5.41, 5.74) is 3.83. The minimum atomic E-state index is -0.587. The van der Waals surface area contributed by atoms with Crippen LogP contribution in [-0.4, -0.2) is 25.7 Å². The van der Waals surface area contributed by atoms with E-state index >= 15 is 0 Å². The van der Waals surface area contributed by atoms with Crippen molar-refractivity contribution in [2.24, 2.45) is 0 Å². The molecule has 0 saturated heterocycles. The van der Waals surface area contributed by atoms with Crippen LogP contribution in [0.3, 0.4) is 0 Å². The highest BCUT2D eigenvalue weighted by Gasteiger charge is 2.29. The monoisotopic (exact) mass is 436 g/mol. The van der Waals surface area contributed by atoms with E-state index in [1.807, 2.05) is 69.3 Å². The molecular formula is C26H24N6O. The Morgan fingerprint density at radius 1 is 1.18 bits per heavy atom. The van der Waals surface area contributed by atoms with Gasteiger partial charge in [0.05, 0.1) is 28.1 Å². The summed E-state index contributed by atoms with van der Waals surface area (Å²) in [4.78, 5) is 22.7. The largest absolute Gasteiger partial charge is 0.322 e. The number of nitriles is 1. The third kappa shape index (κ3) is 3.85. The van der Waals surface area contributed by atoms with Crippen molar-refractivity contribution in [3.8, 4) is 11.9 Å². The topological polar surface area (TPSA) is 96.5 Å². The van der Waals surface area contributed by atoms with Gasteiger partial charge in [0, 0.05) is 23.5 Å². The quantitative estimate of drug-likeness (QED) is 0.472. The Bertz CT molecular complexity index is 1390. The molecule has 164 valence electrons. The number of hydrogen-bond acceptors (Lipinski definition) is 5. The number of nitrogens with one attached hydrogen (secondary N) is 1. The first-order valence-corrected chi connectivity index (χ1v) is 11.0. The molecule has 1 N–H and O–H groups in total. The second kappa shape index (κ2) is 7.82. The summed E-state index contributed by atoms with van der Waals surface area (Å²) in [5, 5.41) is 17.8. The Morgan fingerprint density at radius 3 is 2.58 bits per heavy atom. The van der Waals surface area contributed by atoms with Gasteiger partial charge in [0.15, 0.2) is 11.5 Å². The van der Waals surface area contributed by atoms with Crippen LogP contribution in [0.15, 0.2) is 54.7 Å². The molecule has 33 heavy (non-hydrogen) atoms. The molecule has 1 aliphatic rings. The molecule has 3 heterocycles. The Balaban J connectivity index is 1.55. The minimum Gasteiger partial charge on any atom is -0.322 e. The number of carbonyl (C=O) groups excluding carboxylic acids is 1. The number of rotatable bonds is 5. The summed E-state index contributed by atoms with van der Waals surface area (Å²) in [6, 6.07) is 17.2. The first kappa shape index (κ1) is 20.8. The second-order valence-corrected chi connectivity index (χ2v) is 9.02. The fourth-order valence-corrected chi connectivity index (χ4v) is 3.95. The van der Waals surface area contributed by atoms with E-state index in [-0.39, 0.29) is 5.91 Å². The van der Waals surface area contributed by atoms with Crippen LogP contribution in [0.4, 0.5) is 5.69 Å². The van der Waals surface area contributed by atoms with E-state index in [4.69, 9.17) is 4.98 Å². The lowest BCUT2D eigenvalue weighted by Gasteiger charge is -2.16. The molecule has 4 aromatic rings. The molecule has 0 spiro atoms. The van der Waals surface area contributed by atoms with E-state index in [9.17, 15) is 10.1 Å². The fourth-order valence-electron chi connectivity index (χ4n) is 3.95. The van der Waals surface area contributed by atoms with Gasteiger partial charge in [0.25, 0.3) is 5.91 Å². The number of amides is 1. The first-order valence-electron chi connectivity index (χ1n) is 11.0. The number of aromatic nitrogens is 4. The van der Waals surface area contributed by atoms with Crippen molar-refractivity contribution in [1.82, 2.24) is 19.7 Å². The zero-order valence-corrected chi connectivity index (χ0v) is 18.8. The summed E-state index contributed by atoms with van der Waals surface area (Å²) in [6.07, 6.45) is 3.87. The highest BCUT2D eigenvalue weighted by Crippen LogP contribution is 2.40. The molecule has 7 heteroatoms. The molecular weight excluding hydrogens is 412 g/mol. The number of nitrogens with zero attached hydrogens (tertiary/aromatic N) is 5. The van der Waals surface area contributed by atoms with Crippen LogP contribution in [0.5, 0.6) is 0 Å². The van der Waals surface area contributed by atoms with Gasteiger partial charge in [0.1, 0.15) is 0 Å². The summed E-state index contributed by atoms with van der Waals surface area (Å²) in [7, 11) is 0. The molecule has 0 bridgehead atoms. The highest BCUT2D eigenvalue weighted by atomic mass is 16.1. The maximum Gasteiger partial charge on any atom is 0.256 e. The van der Waals surface area contributed by atoms with E-state index < -0.39 is 5.41 Å². The normalized spacial score (nSPS) is 13.6. The molecule has 1 saturated carbocycles. The zero-order chi connectivity index (χ0) is 23.2. The van der Waals surface area contributed by atoms with Gasteiger partial charge in [0.2, 0.25) is 0 Å². The average molecular weight is 437 g/mol. The molecule has 0 aliphatic heterocycles. The van der Waals surface area contributed by atoms with E-state index in [1.54, 1.807) is 10.9 Å². The number of anilines is 1. The van der Waals surface area contributed by atoms with Crippen LogP contribution >= 0.6 is 0 Å². The van der Waals surface area contributed by atoms with Crippen molar-refractivity contribution in [2.45, 2.75) is 44.9 Å². The van der Waals surface area contributed by atoms with Crippen molar-refractivity contribution in [1.29, 1.82) is 5.26 Å². The Morgan fingerprint density at radius 2 is 1.94 bits per heavy atom. The summed E-state index contributed by atoms with van der Waals surface area (Å²) < 4.78 is 1.71. The number of carbonyl (C=O) groups is 1. The summed E-state index contributed by atoms with van der Waals surface area (Å²) in [6.45, 7) is 5.63. The Kier molecular flexibility index (Phi) is 4.94. The predicted molar refractivity (Wildman–Crippen MR) is 126 cm³/mol. The maximum absolute atomic E-state index is 13.4. The number of hydrogen-bond donors (Lipinski definition) is 1. The van der Waals surface area contributed by atoms with Crippen molar-refractivity contribution < 1.29 is 4.79 Å². The molecule has 0 atom stereocenters. The van der Waals surface area contributed by atoms with Gasteiger partial charge >= 0.3 is 0 Å². The van der Waals surface area contributed by atoms with Gasteiger partial charge in [-0.05, 0) is 69.5 Å². The van der Waals surface area contributed by atoms with Crippen molar-refractivity contribution >= 4 is 22.6 Å². The van der Waals surface area contributed by atoms with E-state index in [0.29, 0.717) is 28.6 Å². The number of pyridine rings is 2. The summed E-state index contributed by atoms with van der Waals surface area (Å²) in [5.74, 6) is 0.833. The smallest absolute Gasteiger partial charge is 0.256 e. The number of fused-ring (bicyclic) bond motifs is 1. The molecule has 3 aromatic heterocycles. The lowest BCUT2D eigenvalue weighted by atomic mass is 9.86. The van der Waals surface area contributed by atoms with Crippen LogP contribution in [0.1, 0.15) is 59.9 Å². The van der Waals surface area contributed by atoms with Crippen molar-refractivity contribution in [2.75, 3.05) is 5.32 Å². The fraction of sp³-hybridized carbons (Fsp3) is 0.269. The first-order chi connectivity index (χ1) is 15.9. The van der Waals surface area contributed by atoms with E-state index in [2.05, 4.69) is 21.5 Å². The number of benzene rings is 1. The van der Waals surface area contributed by atoms with Gasteiger partial charge in [-0.15, -0.1) is 0 Å². The van der Waals surface area contributed by atoms with Gasteiger partial charge < -0.3 is 5.32 Å². The van der Waals surface area contributed by atoms with Gasteiger partial charge in [-0.1, -0.05) is 18.2 Å². The van der Waals surface area contributed by atoms with Crippen LogP contribution < -0.4 is 5.32 Å². The van der Waals surface area contributed by atoms with Crippen LogP contribution in [0, 0.1) is 18.3 Å². The van der Waals surface area contributed by atoms with Crippen molar-refractivity contribution in [3.05, 3.63) is 77.2 Å². The molecule has 0 radical (unpaired) electrons. The Labute approximate surface area is 192 Å². The van der Waals surface area contributed by atoms with Crippen LogP contribution in [0.25, 0.3) is 16.9 Å². The molecule has 1 aromatic carbocycles. The molecule has 7 nitrogen and oxygen atoms in total. The lowest BCUT2D eigenvalue weighted by Crippen LogP contribution is -2.15. The maximum atomic E-state index is 13.4.